The molecule has 0 aliphatic rings. The van der Waals surface area contributed by atoms with Crippen molar-refractivity contribution in [2.45, 2.75) is 6.42 Å². The van der Waals surface area contributed by atoms with Crippen LogP contribution in [0.4, 0.5) is 5.95 Å². The lowest BCUT2D eigenvalue weighted by Crippen LogP contribution is -2.14. The molecule has 0 amide bonds. The van der Waals surface area contributed by atoms with Crippen LogP contribution in [0.25, 0.3) is 11.3 Å². The van der Waals surface area contributed by atoms with Crippen molar-refractivity contribution in [3.8, 4) is 17.0 Å². The average Bonchev–Trinajstić information content (AvgIpc) is 2.62. The first-order chi connectivity index (χ1) is 11.7. The Bertz CT molecular complexity index is 842. The zero-order valence-electron chi connectivity index (χ0n) is 13.5. The number of nitrogens with one attached hydrogen (secondary N) is 2. The van der Waals surface area contributed by atoms with Gasteiger partial charge in [0.2, 0.25) is 5.95 Å². The van der Waals surface area contributed by atoms with E-state index in [1.165, 1.54) is 11.6 Å². The van der Waals surface area contributed by atoms with Gasteiger partial charge in [0.15, 0.2) is 0 Å². The highest BCUT2D eigenvalue weighted by Gasteiger charge is 2.04. The molecule has 5 nitrogen and oxygen atoms in total. The zero-order valence-corrected chi connectivity index (χ0v) is 13.5. The summed E-state index contributed by atoms with van der Waals surface area (Å²) in [5.41, 5.74) is 2.55. The smallest absolute Gasteiger partial charge is 0.252 e. The number of aromatic nitrogens is 2. The standard InChI is InChI=1S/C19H19N3O2/c1-24-16-9-7-15(8-10-16)17-13-18(23)22-19(21-17)20-12-11-14-5-3-2-4-6-14/h2-10,13H,11-12H2,1H3,(H2,20,21,22,23). The highest BCUT2D eigenvalue weighted by atomic mass is 16.5. The Labute approximate surface area is 140 Å². The topological polar surface area (TPSA) is 67.0 Å². The number of H-pyrrole nitrogens is 1. The number of benzene rings is 2. The van der Waals surface area contributed by atoms with Crippen LogP contribution in [0.1, 0.15) is 5.56 Å². The predicted octanol–water partition coefficient (Wildman–Crippen LogP) is 3.10. The Morgan fingerprint density at radius 2 is 1.83 bits per heavy atom. The molecule has 0 atom stereocenters. The van der Waals surface area contributed by atoms with E-state index < -0.39 is 0 Å². The molecule has 0 radical (unpaired) electrons. The van der Waals surface area contributed by atoms with Gasteiger partial charge < -0.3 is 10.1 Å². The fraction of sp³-hybridized carbons (Fsp3) is 0.158. The lowest BCUT2D eigenvalue weighted by molar-refractivity contribution is 0.415. The van der Waals surface area contributed by atoms with E-state index in [1.807, 2.05) is 42.5 Å². The molecule has 0 aliphatic heterocycles. The number of nitrogens with zero attached hydrogens (tertiary/aromatic N) is 1. The SMILES string of the molecule is COc1ccc(-c2cc(=O)[nH]c(NCCc3ccccc3)n2)cc1. The van der Waals surface area contributed by atoms with Crippen LogP contribution in [-0.4, -0.2) is 23.6 Å². The summed E-state index contributed by atoms with van der Waals surface area (Å²) in [7, 11) is 1.62. The van der Waals surface area contributed by atoms with Crippen molar-refractivity contribution in [2.75, 3.05) is 19.0 Å². The molecule has 0 saturated carbocycles. The molecule has 122 valence electrons. The summed E-state index contributed by atoms with van der Waals surface area (Å²) in [5, 5.41) is 3.18. The van der Waals surface area contributed by atoms with Crippen LogP contribution in [0, 0.1) is 0 Å². The molecular weight excluding hydrogens is 302 g/mol. The Hall–Kier alpha value is -3.08. The normalized spacial score (nSPS) is 10.4. The molecule has 24 heavy (non-hydrogen) atoms. The van der Waals surface area contributed by atoms with Crippen molar-refractivity contribution in [1.29, 1.82) is 0 Å². The molecule has 0 bridgehead atoms. The lowest BCUT2D eigenvalue weighted by Gasteiger charge is -2.08. The summed E-state index contributed by atoms with van der Waals surface area (Å²) in [6.07, 6.45) is 0.858. The van der Waals surface area contributed by atoms with Crippen LogP contribution >= 0.6 is 0 Å². The van der Waals surface area contributed by atoms with Crippen molar-refractivity contribution in [2.24, 2.45) is 0 Å². The van der Waals surface area contributed by atoms with E-state index in [9.17, 15) is 4.79 Å². The predicted molar refractivity (Wildman–Crippen MR) is 95.5 cm³/mol. The van der Waals surface area contributed by atoms with E-state index in [2.05, 4.69) is 27.4 Å². The molecule has 1 heterocycles. The van der Waals surface area contributed by atoms with E-state index in [-0.39, 0.29) is 5.56 Å². The van der Waals surface area contributed by atoms with Gasteiger partial charge in [-0.3, -0.25) is 9.78 Å². The van der Waals surface area contributed by atoms with Gasteiger partial charge in [-0.05, 0) is 36.2 Å². The highest BCUT2D eigenvalue weighted by molar-refractivity contribution is 5.60. The average molecular weight is 321 g/mol. The molecule has 3 rings (SSSR count). The fourth-order valence-corrected chi connectivity index (χ4v) is 2.42. The van der Waals surface area contributed by atoms with E-state index in [1.54, 1.807) is 7.11 Å². The van der Waals surface area contributed by atoms with Crippen molar-refractivity contribution in [1.82, 2.24) is 9.97 Å². The molecule has 2 N–H and O–H groups in total. The first kappa shape index (κ1) is 15.8. The number of hydrogen-bond acceptors (Lipinski definition) is 4. The number of ether oxygens (including phenoxy) is 1. The van der Waals surface area contributed by atoms with Gasteiger partial charge in [0.05, 0.1) is 12.8 Å². The monoisotopic (exact) mass is 321 g/mol. The second-order valence-corrected chi connectivity index (χ2v) is 5.37. The second kappa shape index (κ2) is 7.46. The van der Waals surface area contributed by atoms with Crippen LogP contribution in [0.3, 0.4) is 0 Å². The maximum atomic E-state index is 11.9. The van der Waals surface area contributed by atoms with Gasteiger partial charge in [-0.1, -0.05) is 30.3 Å². The van der Waals surface area contributed by atoms with Crippen LogP contribution < -0.4 is 15.6 Å². The maximum absolute atomic E-state index is 11.9. The third-order valence-corrected chi connectivity index (χ3v) is 3.68. The number of aromatic amines is 1. The fourth-order valence-electron chi connectivity index (χ4n) is 2.42. The van der Waals surface area contributed by atoms with Gasteiger partial charge in [0, 0.05) is 18.2 Å². The van der Waals surface area contributed by atoms with Gasteiger partial charge in [-0.2, -0.15) is 0 Å². The van der Waals surface area contributed by atoms with Gasteiger partial charge in [0.1, 0.15) is 5.75 Å². The summed E-state index contributed by atoms with van der Waals surface area (Å²) in [5.74, 6) is 1.24. The third kappa shape index (κ3) is 4.01. The summed E-state index contributed by atoms with van der Waals surface area (Å²) in [6.45, 7) is 0.693. The van der Waals surface area contributed by atoms with Crippen molar-refractivity contribution in [3.63, 3.8) is 0 Å². The van der Waals surface area contributed by atoms with Crippen LogP contribution in [0.15, 0.2) is 65.5 Å². The molecule has 3 aromatic rings. The number of hydrogen-bond donors (Lipinski definition) is 2. The van der Waals surface area contributed by atoms with Crippen molar-refractivity contribution in [3.05, 3.63) is 76.6 Å². The van der Waals surface area contributed by atoms with E-state index in [0.29, 0.717) is 18.2 Å². The van der Waals surface area contributed by atoms with Gasteiger partial charge >= 0.3 is 0 Å². The minimum Gasteiger partial charge on any atom is -0.497 e. The molecule has 0 unspecified atom stereocenters. The van der Waals surface area contributed by atoms with Crippen molar-refractivity contribution >= 4 is 5.95 Å². The quantitative estimate of drug-likeness (QED) is 0.732. The first-order valence-electron chi connectivity index (χ1n) is 7.78. The van der Waals surface area contributed by atoms with Gasteiger partial charge in [0.25, 0.3) is 5.56 Å². The molecule has 0 fully saturated rings. The Kier molecular flexibility index (Phi) is 4.91. The second-order valence-electron chi connectivity index (χ2n) is 5.37. The third-order valence-electron chi connectivity index (χ3n) is 3.68. The highest BCUT2D eigenvalue weighted by Crippen LogP contribution is 2.20. The molecule has 0 saturated heterocycles. The lowest BCUT2D eigenvalue weighted by atomic mass is 10.1. The summed E-state index contributed by atoms with van der Waals surface area (Å²) in [6, 6.07) is 19.1. The van der Waals surface area contributed by atoms with Crippen molar-refractivity contribution < 1.29 is 4.74 Å². The minimum absolute atomic E-state index is 0.182. The largest absolute Gasteiger partial charge is 0.497 e. The molecule has 1 aromatic heterocycles. The molecular formula is C19H19N3O2. The minimum atomic E-state index is -0.182. The first-order valence-corrected chi connectivity index (χ1v) is 7.78. The molecule has 2 aromatic carbocycles. The summed E-state index contributed by atoms with van der Waals surface area (Å²) in [4.78, 5) is 19.1. The zero-order chi connectivity index (χ0) is 16.8. The Morgan fingerprint density at radius 1 is 1.08 bits per heavy atom. The number of anilines is 1. The van der Waals surface area contributed by atoms with E-state index in [0.717, 1.165) is 17.7 Å². The Balaban J connectivity index is 1.72. The van der Waals surface area contributed by atoms with Crippen LogP contribution in [-0.2, 0) is 6.42 Å². The summed E-state index contributed by atoms with van der Waals surface area (Å²) < 4.78 is 5.15. The summed E-state index contributed by atoms with van der Waals surface area (Å²) >= 11 is 0. The van der Waals surface area contributed by atoms with E-state index in [4.69, 9.17) is 4.74 Å². The van der Waals surface area contributed by atoms with Crippen LogP contribution in [0.2, 0.25) is 0 Å². The molecule has 0 aliphatic carbocycles. The number of rotatable bonds is 6. The van der Waals surface area contributed by atoms with E-state index >= 15 is 0 Å². The Morgan fingerprint density at radius 3 is 2.54 bits per heavy atom. The molecule has 5 heteroatoms. The number of methoxy groups -OCH3 is 1. The van der Waals surface area contributed by atoms with Gasteiger partial charge in [-0.15, -0.1) is 0 Å². The van der Waals surface area contributed by atoms with Gasteiger partial charge in [-0.25, -0.2) is 4.98 Å². The van der Waals surface area contributed by atoms with Crippen LogP contribution in [0.5, 0.6) is 5.75 Å². The maximum Gasteiger partial charge on any atom is 0.252 e. The molecule has 0 spiro atoms.